The van der Waals surface area contributed by atoms with Gasteiger partial charge in [0, 0.05) is 5.97 Å². The number of aliphatic carboxylic acids is 1. The second-order valence-electron chi connectivity index (χ2n) is 8.27. The third kappa shape index (κ3) is 25.1. The average Bonchev–Trinajstić information content (AvgIpc) is 2.65. The quantitative estimate of drug-likeness (QED) is 0.199. The number of nitrogens with zero attached hydrogens (tertiary/aromatic N) is 1. The van der Waals surface area contributed by atoms with Crippen LogP contribution in [-0.2, 0) is 4.79 Å². The van der Waals surface area contributed by atoms with Crippen molar-refractivity contribution >= 4 is 5.97 Å². The Balaban J connectivity index is 0. The molecule has 0 aliphatic rings. The van der Waals surface area contributed by atoms with Crippen molar-refractivity contribution in [2.24, 2.45) is 0 Å². The van der Waals surface area contributed by atoms with E-state index in [9.17, 15) is 9.90 Å². The van der Waals surface area contributed by atoms with E-state index in [4.69, 9.17) is 0 Å². The number of carboxylic acids is 1. The summed E-state index contributed by atoms with van der Waals surface area (Å²) in [5.74, 6) is -0.904. The minimum Gasteiger partial charge on any atom is -0.550 e. The van der Waals surface area contributed by atoms with Gasteiger partial charge < -0.3 is 14.8 Å². The van der Waals surface area contributed by atoms with E-state index < -0.39 is 5.97 Å². The molecule has 0 unspecified atom stereocenters. The number of unbranched alkanes of at least 4 members (excludes halogenated alkanes) is 14. The molecule has 4 heteroatoms. The largest absolute Gasteiger partial charge is 1.00 e. The van der Waals surface area contributed by atoms with Gasteiger partial charge >= 0.3 is 51.4 Å². The van der Waals surface area contributed by atoms with Crippen LogP contribution in [0.15, 0.2) is 0 Å². The summed E-state index contributed by atoms with van der Waals surface area (Å²) in [5.41, 5.74) is 0. The Hall–Kier alpha value is 1.07. The van der Waals surface area contributed by atoms with Gasteiger partial charge in [-0.15, -0.1) is 0 Å². The molecule has 0 N–H and O–H groups in total. The van der Waals surface area contributed by atoms with Crippen LogP contribution in [0, 0.1) is 0 Å². The summed E-state index contributed by atoms with van der Waals surface area (Å²) in [6, 6.07) is 0. The number of hydrogen-bond acceptors (Lipinski definition) is 3. The van der Waals surface area contributed by atoms with Crippen molar-refractivity contribution in [3.8, 4) is 0 Å². The molecule has 0 radical (unpaired) electrons. The monoisotopic (exact) mass is 421 g/mol. The first-order valence-electron chi connectivity index (χ1n) is 12.1. The van der Waals surface area contributed by atoms with Crippen molar-refractivity contribution in [1.29, 1.82) is 0 Å². The van der Waals surface area contributed by atoms with Gasteiger partial charge in [0.25, 0.3) is 0 Å². The van der Waals surface area contributed by atoms with Gasteiger partial charge in [0.05, 0.1) is 0 Å². The van der Waals surface area contributed by atoms with E-state index in [-0.39, 0.29) is 57.8 Å². The Morgan fingerprint density at radius 2 is 0.893 bits per heavy atom. The summed E-state index contributed by atoms with van der Waals surface area (Å²) in [5, 5.41) is 10.4. The van der Waals surface area contributed by atoms with Gasteiger partial charge in [-0.05, 0) is 51.7 Å². The molecule has 0 atom stereocenters. The van der Waals surface area contributed by atoms with Gasteiger partial charge in [-0.3, -0.25) is 0 Å². The van der Waals surface area contributed by atoms with Crippen LogP contribution in [0.5, 0.6) is 0 Å². The Morgan fingerprint density at radius 3 is 1.25 bits per heavy atom. The molecule has 0 saturated carbocycles. The van der Waals surface area contributed by atoms with Crippen molar-refractivity contribution in [1.82, 2.24) is 4.90 Å². The van der Waals surface area contributed by atoms with Crippen molar-refractivity contribution in [3.63, 3.8) is 0 Å². The zero-order chi connectivity index (χ0) is 20.0. The molecule has 3 nitrogen and oxygen atoms in total. The SMILES string of the molecule is CCCCCCCCN(CCCCCCCC)CCCCCCCC(=O)[O-].[K+]. The van der Waals surface area contributed by atoms with Crippen LogP contribution in [0.2, 0.25) is 0 Å². The third-order valence-corrected chi connectivity index (χ3v) is 5.51. The smallest absolute Gasteiger partial charge is 0.550 e. The van der Waals surface area contributed by atoms with Crippen LogP contribution < -0.4 is 56.5 Å². The molecule has 0 rings (SSSR count). The second-order valence-corrected chi connectivity index (χ2v) is 8.27. The fourth-order valence-corrected chi connectivity index (χ4v) is 3.70. The van der Waals surface area contributed by atoms with Gasteiger partial charge in [0.2, 0.25) is 0 Å². The van der Waals surface area contributed by atoms with Crippen LogP contribution in [0.25, 0.3) is 0 Å². The maximum atomic E-state index is 10.4. The van der Waals surface area contributed by atoms with Crippen LogP contribution in [0.1, 0.15) is 129 Å². The van der Waals surface area contributed by atoms with E-state index >= 15 is 0 Å². The van der Waals surface area contributed by atoms with E-state index in [1.54, 1.807) is 0 Å². The van der Waals surface area contributed by atoms with Gasteiger partial charge in [-0.2, -0.15) is 0 Å². The van der Waals surface area contributed by atoms with Crippen LogP contribution in [-0.4, -0.2) is 30.5 Å². The van der Waals surface area contributed by atoms with E-state index in [2.05, 4.69) is 18.7 Å². The maximum Gasteiger partial charge on any atom is 1.00 e. The minimum absolute atomic E-state index is 0. The molecule has 0 amide bonds. The molecule has 0 aliphatic heterocycles. The Morgan fingerprint density at radius 1 is 0.571 bits per heavy atom. The maximum absolute atomic E-state index is 10.4. The first-order chi connectivity index (χ1) is 13.2. The third-order valence-electron chi connectivity index (χ3n) is 5.51. The molecule has 0 spiro atoms. The molecular formula is C24H48KNO2. The summed E-state index contributed by atoms with van der Waals surface area (Å²) in [7, 11) is 0. The minimum atomic E-state index is -0.904. The number of carbonyl (C=O) groups is 1. The first kappa shape index (κ1) is 31.3. The van der Waals surface area contributed by atoms with E-state index in [0.29, 0.717) is 0 Å². The molecule has 0 saturated heterocycles. The molecule has 0 bridgehead atoms. The first-order valence-corrected chi connectivity index (χ1v) is 12.1. The van der Waals surface area contributed by atoms with E-state index in [0.717, 1.165) is 19.3 Å². The zero-order valence-electron chi connectivity index (χ0n) is 19.6. The fourth-order valence-electron chi connectivity index (χ4n) is 3.70. The molecular weight excluding hydrogens is 373 g/mol. The molecule has 0 heterocycles. The van der Waals surface area contributed by atoms with E-state index in [1.807, 2.05) is 0 Å². The molecule has 0 aromatic carbocycles. The number of hydrogen-bond donors (Lipinski definition) is 0. The Labute approximate surface area is 219 Å². The topological polar surface area (TPSA) is 43.4 Å². The summed E-state index contributed by atoms with van der Waals surface area (Å²) in [6.07, 6.45) is 22.2. The summed E-state index contributed by atoms with van der Waals surface area (Å²) in [6.45, 7) is 8.32. The van der Waals surface area contributed by atoms with Crippen molar-refractivity contribution < 1.29 is 61.3 Å². The van der Waals surface area contributed by atoms with Crippen molar-refractivity contribution in [3.05, 3.63) is 0 Å². The normalized spacial score (nSPS) is 11.0. The van der Waals surface area contributed by atoms with Crippen molar-refractivity contribution in [2.75, 3.05) is 19.6 Å². The zero-order valence-corrected chi connectivity index (χ0v) is 22.7. The Kier molecular flexibility index (Phi) is 29.1. The van der Waals surface area contributed by atoms with Crippen LogP contribution in [0.4, 0.5) is 0 Å². The van der Waals surface area contributed by atoms with Gasteiger partial charge in [0.15, 0.2) is 0 Å². The molecule has 0 aromatic heterocycles. The van der Waals surface area contributed by atoms with Crippen LogP contribution in [0.3, 0.4) is 0 Å². The fraction of sp³-hybridized carbons (Fsp3) is 0.958. The second kappa shape index (κ2) is 26.1. The predicted octanol–water partition coefficient (Wildman–Crippen LogP) is 3.10. The van der Waals surface area contributed by atoms with Crippen molar-refractivity contribution in [2.45, 2.75) is 129 Å². The standard InChI is InChI=1S/C24H49NO2.K/c1-3-5-7-9-13-17-21-25(22-18-14-10-8-6-4-2)23-19-15-11-12-16-20-24(26)27;/h3-23H2,1-2H3,(H,26,27);/q;+1/p-1. The summed E-state index contributed by atoms with van der Waals surface area (Å²) in [4.78, 5) is 13.1. The van der Waals surface area contributed by atoms with Crippen LogP contribution >= 0.6 is 0 Å². The molecule has 0 aromatic rings. The Bertz CT molecular complexity index is 297. The van der Waals surface area contributed by atoms with Gasteiger partial charge in [-0.25, -0.2) is 0 Å². The molecule has 0 aliphatic carbocycles. The number of rotatable bonds is 22. The molecule has 0 fully saturated rings. The predicted molar refractivity (Wildman–Crippen MR) is 116 cm³/mol. The summed E-state index contributed by atoms with van der Waals surface area (Å²) < 4.78 is 0. The van der Waals surface area contributed by atoms with E-state index in [1.165, 1.54) is 110 Å². The number of carboxylic acid groups (broad SMARTS) is 1. The summed E-state index contributed by atoms with van der Waals surface area (Å²) >= 11 is 0. The van der Waals surface area contributed by atoms with Gasteiger partial charge in [-0.1, -0.05) is 97.3 Å². The molecule has 28 heavy (non-hydrogen) atoms. The van der Waals surface area contributed by atoms with Gasteiger partial charge in [0.1, 0.15) is 0 Å². The number of carbonyl (C=O) groups excluding carboxylic acids is 1. The molecule has 162 valence electrons. The average molecular weight is 422 g/mol.